The molecule has 1 aromatic heterocycles. The highest BCUT2D eigenvalue weighted by Crippen LogP contribution is 2.31. The minimum absolute atomic E-state index is 0.0795. The maximum atomic E-state index is 12.4. The SMILES string of the molecule is C=CCN(CC=C)C(=O)CN1CCCC1c1nonc1C. The van der Waals surface area contributed by atoms with Gasteiger partial charge in [0, 0.05) is 13.1 Å². The maximum Gasteiger partial charge on any atom is 0.237 e. The molecule has 0 saturated carbocycles. The Morgan fingerprint density at radius 2 is 2.14 bits per heavy atom. The van der Waals surface area contributed by atoms with Crippen molar-refractivity contribution in [3.63, 3.8) is 0 Å². The van der Waals surface area contributed by atoms with Crippen LogP contribution in [0.3, 0.4) is 0 Å². The van der Waals surface area contributed by atoms with E-state index in [1.165, 1.54) is 0 Å². The summed E-state index contributed by atoms with van der Waals surface area (Å²) < 4.78 is 4.79. The molecular weight excluding hydrogens is 268 g/mol. The minimum atomic E-state index is 0.0795. The topological polar surface area (TPSA) is 62.5 Å². The van der Waals surface area contributed by atoms with Crippen molar-refractivity contribution in [1.29, 1.82) is 0 Å². The van der Waals surface area contributed by atoms with Crippen LogP contribution in [0.15, 0.2) is 29.9 Å². The number of carbonyl (C=O) groups is 1. The molecule has 1 atom stereocenters. The summed E-state index contributed by atoms with van der Waals surface area (Å²) in [7, 11) is 0. The monoisotopic (exact) mass is 290 g/mol. The summed E-state index contributed by atoms with van der Waals surface area (Å²) in [6, 6.07) is 0.120. The normalized spacial score (nSPS) is 18.6. The Labute approximate surface area is 125 Å². The van der Waals surface area contributed by atoms with E-state index < -0.39 is 0 Å². The molecule has 6 heteroatoms. The molecule has 1 unspecified atom stereocenters. The van der Waals surface area contributed by atoms with Gasteiger partial charge in [-0.1, -0.05) is 22.5 Å². The van der Waals surface area contributed by atoms with Crippen molar-refractivity contribution < 1.29 is 9.42 Å². The number of hydrogen-bond donors (Lipinski definition) is 0. The molecule has 6 nitrogen and oxygen atoms in total. The second-order valence-corrected chi connectivity index (χ2v) is 5.24. The second kappa shape index (κ2) is 7.17. The number of aryl methyl sites for hydroxylation is 1. The molecule has 0 bridgehead atoms. The Balaban J connectivity index is 2.03. The van der Waals surface area contributed by atoms with E-state index >= 15 is 0 Å². The Kier molecular flexibility index (Phi) is 5.27. The molecule has 1 aliphatic heterocycles. The minimum Gasteiger partial charge on any atom is -0.334 e. The summed E-state index contributed by atoms with van der Waals surface area (Å²) in [5.74, 6) is 0.0795. The van der Waals surface area contributed by atoms with Crippen LogP contribution in [0.2, 0.25) is 0 Å². The molecule has 1 amide bonds. The third-order valence-electron chi connectivity index (χ3n) is 3.76. The number of hydrogen-bond acceptors (Lipinski definition) is 5. The molecular formula is C15H22N4O2. The number of carbonyl (C=O) groups excluding carboxylic acids is 1. The molecule has 21 heavy (non-hydrogen) atoms. The van der Waals surface area contributed by atoms with Crippen LogP contribution in [0.5, 0.6) is 0 Å². The quantitative estimate of drug-likeness (QED) is 0.715. The van der Waals surface area contributed by atoms with E-state index in [9.17, 15) is 4.79 Å². The standard InChI is InChI=1S/C15H22N4O2/c1-4-8-18(9-5-2)14(20)11-19-10-6-7-13(19)15-12(3)16-21-17-15/h4-5,13H,1-2,6-11H2,3H3. The Hall–Kier alpha value is -1.95. The van der Waals surface area contributed by atoms with Crippen molar-refractivity contribution in [1.82, 2.24) is 20.1 Å². The van der Waals surface area contributed by atoms with Gasteiger partial charge in [-0.05, 0) is 26.3 Å². The first-order valence-corrected chi connectivity index (χ1v) is 7.20. The van der Waals surface area contributed by atoms with Gasteiger partial charge in [0.05, 0.1) is 12.6 Å². The zero-order valence-electron chi connectivity index (χ0n) is 12.5. The van der Waals surface area contributed by atoms with Crippen LogP contribution in [0.1, 0.15) is 30.3 Å². The molecule has 2 heterocycles. The Morgan fingerprint density at radius 3 is 2.71 bits per heavy atom. The van der Waals surface area contributed by atoms with Crippen LogP contribution in [0, 0.1) is 6.92 Å². The average molecular weight is 290 g/mol. The third-order valence-corrected chi connectivity index (χ3v) is 3.76. The van der Waals surface area contributed by atoms with Gasteiger partial charge in [-0.15, -0.1) is 13.2 Å². The van der Waals surface area contributed by atoms with Crippen molar-refractivity contribution in [2.24, 2.45) is 0 Å². The van der Waals surface area contributed by atoms with Crippen LogP contribution in [0.25, 0.3) is 0 Å². The highest BCUT2D eigenvalue weighted by Gasteiger charge is 2.32. The molecule has 0 aromatic carbocycles. The molecule has 1 aliphatic rings. The fourth-order valence-corrected chi connectivity index (χ4v) is 2.73. The zero-order valence-corrected chi connectivity index (χ0v) is 12.5. The van der Waals surface area contributed by atoms with E-state index in [4.69, 9.17) is 4.63 Å². The lowest BCUT2D eigenvalue weighted by Crippen LogP contribution is -2.40. The van der Waals surface area contributed by atoms with Gasteiger partial charge >= 0.3 is 0 Å². The number of aromatic nitrogens is 2. The molecule has 1 aromatic rings. The molecule has 114 valence electrons. The summed E-state index contributed by atoms with van der Waals surface area (Å²) in [6.45, 7) is 11.6. The summed E-state index contributed by atoms with van der Waals surface area (Å²) in [6.07, 6.45) is 5.49. The van der Waals surface area contributed by atoms with Gasteiger partial charge in [0.25, 0.3) is 0 Å². The van der Waals surface area contributed by atoms with E-state index in [2.05, 4.69) is 28.4 Å². The van der Waals surface area contributed by atoms with Crippen LogP contribution in [-0.4, -0.2) is 52.2 Å². The van der Waals surface area contributed by atoms with Gasteiger partial charge in [-0.2, -0.15) is 0 Å². The molecule has 1 saturated heterocycles. The van der Waals surface area contributed by atoms with E-state index in [0.29, 0.717) is 19.6 Å². The number of likely N-dealkylation sites (tertiary alicyclic amines) is 1. The molecule has 0 spiro atoms. The van der Waals surface area contributed by atoms with E-state index in [0.717, 1.165) is 30.8 Å². The lowest BCUT2D eigenvalue weighted by atomic mass is 10.1. The second-order valence-electron chi connectivity index (χ2n) is 5.24. The van der Waals surface area contributed by atoms with Gasteiger partial charge in [-0.25, -0.2) is 4.63 Å². The predicted molar refractivity (Wildman–Crippen MR) is 79.6 cm³/mol. The lowest BCUT2D eigenvalue weighted by Gasteiger charge is -2.26. The summed E-state index contributed by atoms with van der Waals surface area (Å²) in [5, 5.41) is 7.82. The van der Waals surface area contributed by atoms with E-state index in [-0.39, 0.29) is 11.9 Å². The predicted octanol–water partition coefficient (Wildman–Crippen LogP) is 1.72. The van der Waals surface area contributed by atoms with Crippen molar-refractivity contribution >= 4 is 5.91 Å². The molecule has 0 aliphatic carbocycles. The van der Waals surface area contributed by atoms with Gasteiger partial charge in [0.1, 0.15) is 11.4 Å². The number of amides is 1. The van der Waals surface area contributed by atoms with Gasteiger partial charge in [0.15, 0.2) is 0 Å². The van der Waals surface area contributed by atoms with Gasteiger partial charge in [-0.3, -0.25) is 9.69 Å². The number of nitrogens with zero attached hydrogens (tertiary/aromatic N) is 4. The van der Waals surface area contributed by atoms with Crippen LogP contribution in [0.4, 0.5) is 0 Å². The highest BCUT2D eigenvalue weighted by molar-refractivity contribution is 5.78. The van der Waals surface area contributed by atoms with Gasteiger partial charge < -0.3 is 4.90 Å². The lowest BCUT2D eigenvalue weighted by molar-refractivity contribution is -0.131. The highest BCUT2D eigenvalue weighted by atomic mass is 16.6. The van der Waals surface area contributed by atoms with Gasteiger partial charge in [0.2, 0.25) is 5.91 Å². The zero-order chi connectivity index (χ0) is 15.2. The first-order chi connectivity index (χ1) is 10.2. The fourth-order valence-electron chi connectivity index (χ4n) is 2.73. The molecule has 0 N–H and O–H groups in total. The van der Waals surface area contributed by atoms with Crippen LogP contribution in [-0.2, 0) is 4.79 Å². The fraction of sp³-hybridized carbons (Fsp3) is 0.533. The largest absolute Gasteiger partial charge is 0.334 e. The van der Waals surface area contributed by atoms with Crippen molar-refractivity contribution in [2.45, 2.75) is 25.8 Å². The van der Waals surface area contributed by atoms with Crippen molar-refractivity contribution in [3.05, 3.63) is 36.7 Å². The van der Waals surface area contributed by atoms with Crippen LogP contribution < -0.4 is 0 Å². The summed E-state index contributed by atoms with van der Waals surface area (Å²) in [5.41, 5.74) is 1.65. The first kappa shape index (κ1) is 15.4. The van der Waals surface area contributed by atoms with Crippen LogP contribution >= 0.6 is 0 Å². The molecule has 2 rings (SSSR count). The summed E-state index contributed by atoms with van der Waals surface area (Å²) >= 11 is 0. The molecule has 0 radical (unpaired) electrons. The Morgan fingerprint density at radius 1 is 1.43 bits per heavy atom. The third kappa shape index (κ3) is 3.58. The van der Waals surface area contributed by atoms with E-state index in [1.807, 2.05) is 6.92 Å². The average Bonchev–Trinajstić information content (AvgIpc) is 3.07. The first-order valence-electron chi connectivity index (χ1n) is 7.20. The number of rotatable bonds is 7. The smallest absolute Gasteiger partial charge is 0.237 e. The van der Waals surface area contributed by atoms with E-state index in [1.54, 1.807) is 17.1 Å². The molecule has 1 fully saturated rings. The maximum absolute atomic E-state index is 12.4. The summed E-state index contributed by atoms with van der Waals surface area (Å²) in [4.78, 5) is 16.3. The Bertz CT molecular complexity index is 502. The van der Waals surface area contributed by atoms with Crippen molar-refractivity contribution in [2.75, 3.05) is 26.2 Å². The van der Waals surface area contributed by atoms with Crippen molar-refractivity contribution in [3.8, 4) is 0 Å².